The van der Waals surface area contributed by atoms with Crippen molar-refractivity contribution in [2.45, 2.75) is 70.3 Å². The zero-order valence-electron chi connectivity index (χ0n) is 30.2. The molecule has 4 N–H and O–H groups in total. The van der Waals surface area contributed by atoms with Crippen molar-refractivity contribution in [3.63, 3.8) is 0 Å². The molecule has 0 radical (unpaired) electrons. The van der Waals surface area contributed by atoms with Gasteiger partial charge in [0.25, 0.3) is 5.91 Å². The van der Waals surface area contributed by atoms with Crippen molar-refractivity contribution < 1.29 is 28.7 Å². The summed E-state index contributed by atoms with van der Waals surface area (Å²) < 4.78 is 11.0. The molecule has 2 aliphatic carbocycles. The molecule has 3 aromatic carbocycles. The highest BCUT2D eigenvalue weighted by atomic mass is 32.2. The van der Waals surface area contributed by atoms with Crippen molar-refractivity contribution in [3.8, 4) is 11.1 Å². The second-order valence-electron chi connectivity index (χ2n) is 14.4. The van der Waals surface area contributed by atoms with Crippen molar-refractivity contribution in [2.24, 2.45) is 5.41 Å². The van der Waals surface area contributed by atoms with E-state index in [2.05, 4.69) is 64.8 Å². The Bertz CT molecular complexity index is 1760. The summed E-state index contributed by atoms with van der Waals surface area (Å²) in [5, 5.41) is 5.49. The third kappa shape index (κ3) is 11.0. The van der Waals surface area contributed by atoms with Crippen molar-refractivity contribution >= 4 is 35.8 Å². The van der Waals surface area contributed by atoms with Crippen LogP contribution in [0.1, 0.15) is 69.6 Å². The minimum Gasteiger partial charge on any atom is -0.449 e. The molecule has 274 valence electrons. The van der Waals surface area contributed by atoms with Crippen LogP contribution in [0.4, 0.5) is 9.59 Å². The molecule has 0 saturated carbocycles. The second-order valence-corrected chi connectivity index (χ2v) is 15.4. The van der Waals surface area contributed by atoms with Gasteiger partial charge in [0, 0.05) is 30.4 Å². The van der Waals surface area contributed by atoms with Gasteiger partial charge in [-0.3, -0.25) is 20.4 Å². The van der Waals surface area contributed by atoms with Gasteiger partial charge in [-0.2, -0.15) is 11.8 Å². The quantitative estimate of drug-likeness (QED) is 0.137. The van der Waals surface area contributed by atoms with Gasteiger partial charge in [-0.05, 0) is 72.4 Å². The van der Waals surface area contributed by atoms with Crippen LogP contribution in [0.2, 0.25) is 0 Å². The monoisotopic (exact) mass is 724 g/mol. The number of ether oxygens (including phenoxy) is 2. The molecule has 0 aromatic heterocycles. The number of hydrogen-bond acceptors (Lipinski definition) is 7. The Morgan fingerprint density at radius 2 is 1.54 bits per heavy atom. The topological polar surface area (TPSA) is 135 Å². The van der Waals surface area contributed by atoms with Crippen molar-refractivity contribution in [1.29, 1.82) is 0 Å². The van der Waals surface area contributed by atoms with Crippen LogP contribution >= 0.6 is 11.8 Å². The molecule has 0 heterocycles. The molecule has 5 rings (SSSR count). The summed E-state index contributed by atoms with van der Waals surface area (Å²) in [5.74, 6) is 0.0459. The minimum absolute atomic E-state index is 0.00238. The maximum Gasteiger partial charge on any atom is 0.408 e. The molecule has 0 spiro atoms. The lowest BCUT2D eigenvalue weighted by Gasteiger charge is -2.28. The van der Waals surface area contributed by atoms with E-state index in [1.54, 1.807) is 20.8 Å². The molecular formula is C41H48N4O6S. The van der Waals surface area contributed by atoms with Crippen LogP contribution < -0.4 is 21.5 Å². The standard InChI is InChI=1S/C41H48N4O6S/c1-40(2,3)51-39(49)43-35(27-52-26-29-12-6-5-7-13-29)37(47)45-44-36(46)20-23-41(4)21-18-28(19-22-41)24-42-38(48)50-25-34-32-16-10-8-14-30(32)31-15-9-11-17-33(31)34/h5-19,21,34-35H,20,22-27H2,1-4H3,(H,42,48)(H,43,49)(H,44,46)(H,45,47)/t35-,41?/m1/s1. The SMILES string of the molecule is CC1(CCC(=O)NNC(=O)[C@@H](CSCc2ccccc2)NC(=O)OC(C)(C)C)C=CC(CNC(=O)OCC2c3ccccc3-c3ccccc32)=CC1. The molecule has 3 aromatic rings. The summed E-state index contributed by atoms with van der Waals surface area (Å²) in [6.45, 7) is 7.88. The average Bonchev–Trinajstić information content (AvgIpc) is 3.44. The summed E-state index contributed by atoms with van der Waals surface area (Å²) in [7, 11) is 0. The first-order valence-corrected chi connectivity index (χ1v) is 18.7. The number of amides is 4. The van der Waals surface area contributed by atoms with E-state index >= 15 is 0 Å². The van der Waals surface area contributed by atoms with Crippen molar-refractivity contribution in [2.75, 3.05) is 18.9 Å². The van der Waals surface area contributed by atoms with Crippen LogP contribution in [0.3, 0.4) is 0 Å². The van der Waals surface area contributed by atoms with Gasteiger partial charge in [-0.25, -0.2) is 9.59 Å². The Morgan fingerprint density at radius 1 is 0.885 bits per heavy atom. The Balaban J connectivity index is 1.02. The van der Waals surface area contributed by atoms with Crippen LogP contribution in [0, 0.1) is 5.41 Å². The Morgan fingerprint density at radius 3 is 2.17 bits per heavy atom. The Labute approximate surface area is 310 Å². The molecule has 52 heavy (non-hydrogen) atoms. The lowest BCUT2D eigenvalue weighted by molar-refractivity contribution is -0.129. The lowest BCUT2D eigenvalue weighted by Crippen LogP contribution is -2.54. The molecule has 11 heteroatoms. The highest BCUT2D eigenvalue weighted by Gasteiger charge is 2.30. The Kier molecular flexibility index (Phi) is 12.8. The van der Waals surface area contributed by atoms with Gasteiger partial charge in [0.1, 0.15) is 18.2 Å². The summed E-state index contributed by atoms with van der Waals surface area (Å²) >= 11 is 1.49. The van der Waals surface area contributed by atoms with Gasteiger partial charge in [0.05, 0.1) is 0 Å². The number of allylic oxidation sites excluding steroid dienone is 2. The van der Waals surface area contributed by atoms with E-state index < -0.39 is 29.7 Å². The molecule has 0 bridgehead atoms. The largest absolute Gasteiger partial charge is 0.449 e. The van der Waals surface area contributed by atoms with Gasteiger partial charge in [-0.15, -0.1) is 0 Å². The normalized spacial score (nSPS) is 16.8. The fraction of sp³-hybridized carbons (Fsp3) is 0.366. The predicted molar refractivity (Wildman–Crippen MR) is 204 cm³/mol. The molecule has 1 unspecified atom stereocenters. The molecule has 10 nitrogen and oxygen atoms in total. The van der Waals surface area contributed by atoms with E-state index in [1.165, 1.54) is 22.9 Å². The summed E-state index contributed by atoms with van der Waals surface area (Å²) in [6, 6.07) is 25.3. The number of alkyl carbamates (subject to hydrolysis) is 2. The number of hydrazine groups is 1. The fourth-order valence-corrected chi connectivity index (χ4v) is 7.15. The van der Waals surface area contributed by atoms with Crippen molar-refractivity contribution in [3.05, 3.63) is 119 Å². The Hall–Kier alpha value is -5.03. The minimum atomic E-state index is -0.923. The molecule has 4 amide bonds. The first kappa shape index (κ1) is 38.2. The van der Waals surface area contributed by atoms with E-state index in [0.29, 0.717) is 25.1 Å². The van der Waals surface area contributed by atoms with Gasteiger partial charge in [0.15, 0.2) is 0 Å². The molecule has 2 aliphatic rings. The van der Waals surface area contributed by atoms with E-state index in [1.807, 2.05) is 60.7 Å². The maximum absolute atomic E-state index is 13.0. The van der Waals surface area contributed by atoms with E-state index in [0.717, 1.165) is 22.3 Å². The van der Waals surface area contributed by atoms with E-state index in [-0.39, 0.29) is 36.0 Å². The summed E-state index contributed by atoms with van der Waals surface area (Å²) in [6.07, 6.45) is 6.30. The van der Waals surface area contributed by atoms with Crippen molar-refractivity contribution in [1.82, 2.24) is 21.5 Å². The first-order chi connectivity index (χ1) is 24.9. The van der Waals surface area contributed by atoms with E-state index in [4.69, 9.17) is 9.47 Å². The molecule has 2 atom stereocenters. The number of thioether (sulfide) groups is 1. The van der Waals surface area contributed by atoms with Crippen LogP contribution in [0.5, 0.6) is 0 Å². The number of carbonyl (C=O) groups is 4. The zero-order chi connectivity index (χ0) is 37.1. The van der Waals surface area contributed by atoms with Crippen LogP contribution in [0.25, 0.3) is 11.1 Å². The zero-order valence-corrected chi connectivity index (χ0v) is 31.0. The average molecular weight is 725 g/mol. The number of benzene rings is 3. The second kappa shape index (κ2) is 17.5. The summed E-state index contributed by atoms with van der Waals surface area (Å²) in [4.78, 5) is 50.9. The molecular weight excluding hydrogens is 677 g/mol. The van der Waals surface area contributed by atoms with Gasteiger partial charge >= 0.3 is 12.2 Å². The third-order valence-electron chi connectivity index (χ3n) is 8.96. The van der Waals surface area contributed by atoms with Gasteiger partial charge < -0.3 is 20.1 Å². The number of nitrogens with one attached hydrogen (secondary N) is 4. The third-order valence-corrected chi connectivity index (χ3v) is 10.1. The predicted octanol–water partition coefficient (Wildman–Crippen LogP) is 7.17. The molecule has 0 saturated heterocycles. The van der Waals surface area contributed by atoms with Crippen LogP contribution in [-0.2, 0) is 24.8 Å². The summed E-state index contributed by atoms with van der Waals surface area (Å²) in [5.41, 5.74) is 10.7. The number of hydrogen-bond donors (Lipinski definition) is 4. The number of fused-ring (bicyclic) bond motifs is 3. The molecule has 0 fully saturated rings. The fourth-order valence-electron chi connectivity index (χ4n) is 6.13. The van der Waals surface area contributed by atoms with Gasteiger partial charge in [-0.1, -0.05) is 104 Å². The van der Waals surface area contributed by atoms with E-state index in [9.17, 15) is 19.2 Å². The number of rotatable bonds is 13. The smallest absolute Gasteiger partial charge is 0.408 e. The van der Waals surface area contributed by atoms with Gasteiger partial charge in [0.2, 0.25) is 5.91 Å². The molecule has 0 aliphatic heterocycles. The lowest BCUT2D eigenvalue weighted by atomic mass is 9.78. The maximum atomic E-state index is 13.0. The highest BCUT2D eigenvalue weighted by Crippen LogP contribution is 2.44. The van der Waals surface area contributed by atoms with Crippen LogP contribution in [0.15, 0.2) is 103 Å². The first-order valence-electron chi connectivity index (χ1n) is 17.6. The highest BCUT2D eigenvalue weighted by molar-refractivity contribution is 7.98. The van der Waals surface area contributed by atoms with Crippen LogP contribution in [-0.4, -0.2) is 54.5 Å². The number of carbonyl (C=O) groups excluding carboxylic acids is 4.